The zero-order chi connectivity index (χ0) is 13.4. The fourth-order valence-electron chi connectivity index (χ4n) is 2.95. The summed E-state index contributed by atoms with van der Waals surface area (Å²) in [5.41, 5.74) is 7.83. The summed E-state index contributed by atoms with van der Waals surface area (Å²) in [7, 11) is 0. The molecular formula is C14H17Cl2N3. The number of hydrogen-bond acceptors (Lipinski definition) is 2. The minimum absolute atomic E-state index is 0.550. The number of nitrogens with two attached hydrogens (primary N) is 1. The summed E-state index contributed by atoms with van der Waals surface area (Å²) in [4.78, 5) is 4.59. The van der Waals surface area contributed by atoms with E-state index < -0.39 is 0 Å². The number of imidazole rings is 1. The number of halogens is 2. The maximum absolute atomic E-state index is 6.18. The Balaban J connectivity index is 1.95. The molecule has 3 nitrogen and oxygen atoms in total. The minimum atomic E-state index is 0.550. The lowest BCUT2D eigenvalue weighted by molar-refractivity contribution is 0.355. The van der Waals surface area contributed by atoms with Crippen LogP contribution in [0.1, 0.15) is 37.8 Å². The number of rotatable bonds is 2. The molecule has 0 amide bonds. The highest BCUT2D eigenvalue weighted by Gasteiger charge is 2.19. The van der Waals surface area contributed by atoms with Gasteiger partial charge >= 0.3 is 0 Å². The Morgan fingerprint density at radius 2 is 2.00 bits per heavy atom. The van der Waals surface area contributed by atoms with Crippen molar-refractivity contribution in [1.29, 1.82) is 0 Å². The zero-order valence-corrected chi connectivity index (χ0v) is 12.2. The van der Waals surface area contributed by atoms with E-state index in [-0.39, 0.29) is 0 Å². The summed E-state index contributed by atoms with van der Waals surface area (Å²) >= 11 is 12.2. The molecule has 0 spiro atoms. The largest absolute Gasteiger partial charge is 0.383 e. The van der Waals surface area contributed by atoms with Crippen molar-refractivity contribution in [1.82, 2.24) is 9.38 Å². The van der Waals surface area contributed by atoms with Gasteiger partial charge in [-0.05, 0) is 18.4 Å². The van der Waals surface area contributed by atoms with E-state index in [1.165, 1.54) is 32.1 Å². The normalized spacial score (nSPS) is 17.2. The van der Waals surface area contributed by atoms with Gasteiger partial charge in [0.1, 0.15) is 5.82 Å². The van der Waals surface area contributed by atoms with Gasteiger partial charge in [-0.15, -0.1) is 0 Å². The number of hydrogen-bond donors (Lipinski definition) is 1. The molecule has 19 heavy (non-hydrogen) atoms. The summed E-state index contributed by atoms with van der Waals surface area (Å²) in [5, 5.41) is 1.12. The van der Waals surface area contributed by atoms with Crippen LogP contribution in [0.3, 0.4) is 0 Å². The number of fused-ring (bicyclic) bond motifs is 1. The number of anilines is 1. The van der Waals surface area contributed by atoms with Crippen molar-refractivity contribution in [2.75, 3.05) is 5.73 Å². The first-order valence-electron chi connectivity index (χ1n) is 6.76. The van der Waals surface area contributed by atoms with Crippen LogP contribution < -0.4 is 5.73 Å². The molecule has 102 valence electrons. The molecule has 2 aromatic rings. The lowest BCUT2D eigenvalue weighted by Gasteiger charge is -2.20. The average molecular weight is 298 g/mol. The minimum Gasteiger partial charge on any atom is -0.383 e. The molecule has 0 aliphatic heterocycles. The van der Waals surface area contributed by atoms with Gasteiger partial charge in [-0.1, -0.05) is 55.3 Å². The van der Waals surface area contributed by atoms with Crippen LogP contribution >= 0.6 is 23.2 Å². The maximum atomic E-state index is 6.18. The monoisotopic (exact) mass is 297 g/mol. The van der Waals surface area contributed by atoms with Crippen molar-refractivity contribution < 1.29 is 0 Å². The van der Waals surface area contributed by atoms with Gasteiger partial charge in [0.15, 0.2) is 5.65 Å². The number of nitrogens with zero attached hydrogens (tertiary/aromatic N) is 2. The number of aromatic nitrogens is 2. The van der Waals surface area contributed by atoms with Gasteiger partial charge in [-0.3, -0.25) is 4.40 Å². The van der Waals surface area contributed by atoms with Gasteiger partial charge in [0.25, 0.3) is 0 Å². The fourth-order valence-corrected chi connectivity index (χ4v) is 3.47. The van der Waals surface area contributed by atoms with Crippen molar-refractivity contribution in [2.45, 2.75) is 38.5 Å². The van der Waals surface area contributed by atoms with Crippen LogP contribution in [0.2, 0.25) is 10.0 Å². The molecule has 1 fully saturated rings. The van der Waals surface area contributed by atoms with Crippen LogP contribution in [0.25, 0.3) is 5.65 Å². The SMILES string of the molecule is Nc1c(CC2CCCCC2)nc2c(Cl)cc(Cl)cn12. The molecule has 1 aliphatic carbocycles. The van der Waals surface area contributed by atoms with Crippen LogP contribution in [-0.2, 0) is 6.42 Å². The van der Waals surface area contributed by atoms with Crippen molar-refractivity contribution in [2.24, 2.45) is 5.92 Å². The molecule has 1 aliphatic rings. The van der Waals surface area contributed by atoms with Gasteiger partial charge in [-0.2, -0.15) is 0 Å². The predicted molar refractivity (Wildman–Crippen MR) is 79.9 cm³/mol. The van der Waals surface area contributed by atoms with Crippen molar-refractivity contribution in [3.05, 3.63) is 28.0 Å². The molecule has 0 saturated heterocycles. The summed E-state index contributed by atoms with van der Waals surface area (Å²) in [5.74, 6) is 1.38. The van der Waals surface area contributed by atoms with Crippen LogP contribution in [0.5, 0.6) is 0 Å². The lowest BCUT2D eigenvalue weighted by atomic mass is 9.86. The van der Waals surface area contributed by atoms with Gasteiger partial charge in [0.2, 0.25) is 0 Å². The first-order chi connectivity index (χ1) is 9.15. The molecule has 2 heterocycles. The van der Waals surface area contributed by atoms with Gasteiger partial charge in [-0.25, -0.2) is 4.98 Å². The predicted octanol–water partition coefficient (Wildman–Crippen LogP) is 4.35. The standard InChI is InChI=1S/C14H17Cl2N3/c15-10-7-11(16)14-18-12(13(17)19(14)8-10)6-9-4-2-1-3-5-9/h7-9H,1-6,17H2. The fraction of sp³-hybridized carbons (Fsp3) is 0.500. The molecule has 5 heteroatoms. The Kier molecular flexibility index (Phi) is 3.59. The Morgan fingerprint density at radius 1 is 1.26 bits per heavy atom. The van der Waals surface area contributed by atoms with E-state index in [4.69, 9.17) is 28.9 Å². The third-order valence-electron chi connectivity index (χ3n) is 3.96. The molecule has 0 bridgehead atoms. The van der Waals surface area contributed by atoms with Gasteiger partial charge < -0.3 is 5.73 Å². The molecule has 2 aromatic heterocycles. The maximum Gasteiger partial charge on any atom is 0.157 e. The topological polar surface area (TPSA) is 43.3 Å². The van der Waals surface area contributed by atoms with E-state index in [2.05, 4.69) is 4.98 Å². The third-order valence-corrected chi connectivity index (χ3v) is 4.45. The Hall–Kier alpha value is -0.930. The van der Waals surface area contributed by atoms with E-state index in [9.17, 15) is 0 Å². The molecule has 0 unspecified atom stereocenters. The van der Waals surface area contributed by atoms with Crippen LogP contribution in [0, 0.1) is 5.92 Å². The van der Waals surface area contributed by atoms with Crippen LogP contribution in [0.15, 0.2) is 12.3 Å². The van der Waals surface area contributed by atoms with E-state index >= 15 is 0 Å². The van der Waals surface area contributed by atoms with E-state index in [0.29, 0.717) is 27.4 Å². The summed E-state index contributed by atoms with van der Waals surface area (Å²) < 4.78 is 1.79. The Labute approximate surface area is 122 Å². The van der Waals surface area contributed by atoms with Crippen LogP contribution in [0.4, 0.5) is 5.82 Å². The van der Waals surface area contributed by atoms with Crippen molar-refractivity contribution in [3.8, 4) is 0 Å². The number of pyridine rings is 1. The molecular weight excluding hydrogens is 281 g/mol. The highest BCUT2D eigenvalue weighted by molar-refractivity contribution is 6.36. The zero-order valence-electron chi connectivity index (χ0n) is 10.7. The van der Waals surface area contributed by atoms with E-state index in [1.807, 2.05) is 0 Å². The average Bonchev–Trinajstić information content (AvgIpc) is 2.69. The summed E-state index contributed by atoms with van der Waals surface area (Å²) in [6.45, 7) is 0. The molecule has 1 saturated carbocycles. The summed E-state index contributed by atoms with van der Waals surface area (Å²) in [6, 6.07) is 1.70. The first-order valence-corrected chi connectivity index (χ1v) is 7.52. The lowest BCUT2D eigenvalue weighted by Crippen LogP contribution is -2.10. The summed E-state index contributed by atoms with van der Waals surface area (Å²) in [6.07, 6.45) is 9.29. The van der Waals surface area contributed by atoms with Crippen molar-refractivity contribution in [3.63, 3.8) is 0 Å². The molecule has 2 N–H and O–H groups in total. The quantitative estimate of drug-likeness (QED) is 0.896. The van der Waals surface area contributed by atoms with E-state index in [1.54, 1.807) is 16.7 Å². The molecule has 0 radical (unpaired) electrons. The Morgan fingerprint density at radius 3 is 2.74 bits per heavy atom. The molecule has 0 atom stereocenters. The van der Waals surface area contributed by atoms with Gasteiger partial charge in [0, 0.05) is 6.20 Å². The Bertz CT molecular complexity index is 600. The highest BCUT2D eigenvalue weighted by Crippen LogP contribution is 2.30. The first kappa shape index (κ1) is 13.1. The van der Waals surface area contributed by atoms with Gasteiger partial charge in [0.05, 0.1) is 15.7 Å². The molecule has 0 aromatic carbocycles. The molecule has 3 rings (SSSR count). The van der Waals surface area contributed by atoms with Crippen LogP contribution in [-0.4, -0.2) is 9.38 Å². The third kappa shape index (κ3) is 2.54. The van der Waals surface area contributed by atoms with E-state index in [0.717, 1.165) is 12.1 Å². The second-order valence-corrected chi connectivity index (χ2v) is 6.20. The second-order valence-electron chi connectivity index (χ2n) is 5.35. The number of nitrogen functional groups attached to an aromatic ring is 1. The second kappa shape index (κ2) is 5.22. The smallest absolute Gasteiger partial charge is 0.157 e. The highest BCUT2D eigenvalue weighted by atomic mass is 35.5. The van der Waals surface area contributed by atoms with Crippen molar-refractivity contribution >= 4 is 34.7 Å².